The third kappa shape index (κ3) is 5.10. The van der Waals surface area contributed by atoms with E-state index >= 15 is 0 Å². The summed E-state index contributed by atoms with van der Waals surface area (Å²) >= 11 is 0. The monoisotopic (exact) mass is 454 g/mol. The highest BCUT2D eigenvalue weighted by atomic mass is 32.2. The number of hydrogen-bond donors (Lipinski definition) is 1. The van der Waals surface area contributed by atoms with Crippen molar-refractivity contribution in [2.24, 2.45) is 5.41 Å². The fourth-order valence-corrected chi connectivity index (χ4v) is 4.46. The van der Waals surface area contributed by atoms with E-state index in [0.29, 0.717) is 12.1 Å². The Morgan fingerprint density at radius 1 is 1.13 bits per heavy atom. The minimum absolute atomic E-state index is 0.105. The maximum Gasteiger partial charge on any atom is 0.404 e. The van der Waals surface area contributed by atoms with E-state index in [2.05, 4.69) is 5.32 Å². The molecule has 2 aromatic carbocycles. The van der Waals surface area contributed by atoms with Gasteiger partial charge in [-0.25, -0.2) is 8.42 Å². The van der Waals surface area contributed by atoms with Gasteiger partial charge < -0.3 is 5.32 Å². The summed E-state index contributed by atoms with van der Waals surface area (Å²) in [6, 6.07) is 14.2. The first kappa shape index (κ1) is 23.3. The Kier molecular flexibility index (Phi) is 6.48. The number of alkyl halides is 3. The second-order valence-electron chi connectivity index (χ2n) is 8.06. The summed E-state index contributed by atoms with van der Waals surface area (Å²) in [6.45, 7) is 1.68. The van der Waals surface area contributed by atoms with Crippen molar-refractivity contribution in [2.45, 2.75) is 37.0 Å². The average molecular weight is 455 g/mol. The van der Waals surface area contributed by atoms with Crippen LogP contribution < -0.4 is 5.32 Å². The highest BCUT2D eigenvalue weighted by Gasteiger charge is 2.63. The van der Waals surface area contributed by atoms with Gasteiger partial charge in [-0.15, -0.1) is 0 Å². The predicted octanol–water partition coefficient (Wildman–Crippen LogP) is 3.72. The SMILES string of the molecule is CC(NC(=O)C1(C(F)(F)F)CCN(Cc2ccccc2)C1)c1ccc(S(C)(=O)=O)cc1. The van der Waals surface area contributed by atoms with Crippen molar-refractivity contribution in [1.82, 2.24) is 10.2 Å². The van der Waals surface area contributed by atoms with Gasteiger partial charge in [0.1, 0.15) is 0 Å². The predicted molar refractivity (Wildman–Crippen MR) is 111 cm³/mol. The van der Waals surface area contributed by atoms with Crippen molar-refractivity contribution in [3.8, 4) is 0 Å². The number of amides is 1. The molecule has 2 atom stereocenters. The van der Waals surface area contributed by atoms with Crippen molar-refractivity contribution >= 4 is 15.7 Å². The van der Waals surface area contributed by atoms with Crippen LogP contribution in [0.3, 0.4) is 0 Å². The summed E-state index contributed by atoms with van der Waals surface area (Å²) in [5, 5.41) is 2.49. The van der Waals surface area contributed by atoms with Gasteiger partial charge in [-0.2, -0.15) is 13.2 Å². The molecule has 0 aromatic heterocycles. The average Bonchev–Trinajstić information content (AvgIpc) is 3.13. The molecular formula is C22H25F3N2O3S. The summed E-state index contributed by atoms with van der Waals surface area (Å²) in [7, 11) is -3.38. The molecule has 1 N–H and O–H groups in total. The zero-order valence-electron chi connectivity index (χ0n) is 17.3. The van der Waals surface area contributed by atoms with Crippen molar-refractivity contribution in [2.75, 3.05) is 19.3 Å². The Morgan fingerprint density at radius 3 is 2.29 bits per heavy atom. The maximum absolute atomic E-state index is 14.1. The second-order valence-corrected chi connectivity index (χ2v) is 10.1. The Hall–Kier alpha value is -2.39. The lowest BCUT2D eigenvalue weighted by Crippen LogP contribution is -2.52. The number of halogens is 3. The van der Waals surface area contributed by atoms with Crippen LogP contribution in [0.15, 0.2) is 59.5 Å². The normalized spacial score (nSPS) is 21.1. The van der Waals surface area contributed by atoms with E-state index in [1.165, 1.54) is 24.3 Å². The van der Waals surface area contributed by atoms with Crippen LogP contribution in [0.4, 0.5) is 13.2 Å². The molecule has 2 unspecified atom stereocenters. The van der Waals surface area contributed by atoms with Crippen LogP contribution in [0, 0.1) is 5.41 Å². The summed E-state index contributed by atoms with van der Waals surface area (Å²) < 4.78 is 65.3. The number of nitrogens with one attached hydrogen (secondary N) is 1. The third-order valence-corrected chi connectivity index (χ3v) is 6.86. The molecular weight excluding hydrogens is 429 g/mol. The quantitative estimate of drug-likeness (QED) is 0.723. The van der Waals surface area contributed by atoms with Gasteiger partial charge in [-0.3, -0.25) is 9.69 Å². The first-order valence-electron chi connectivity index (χ1n) is 9.86. The number of benzene rings is 2. The molecule has 1 saturated heterocycles. The number of rotatable bonds is 6. The molecule has 0 aliphatic carbocycles. The van der Waals surface area contributed by atoms with Gasteiger partial charge in [-0.1, -0.05) is 42.5 Å². The van der Waals surface area contributed by atoms with E-state index < -0.39 is 39.9 Å². The number of nitrogens with zero attached hydrogens (tertiary/aromatic N) is 1. The molecule has 0 saturated carbocycles. The standard InChI is InChI=1S/C22H25F3N2O3S/c1-16(18-8-10-19(11-9-18)31(2,29)30)26-20(28)21(22(23,24)25)12-13-27(15-21)14-17-6-4-3-5-7-17/h3-11,16H,12-15H2,1-2H3,(H,26,28). The highest BCUT2D eigenvalue weighted by Crippen LogP contribution is 2.46. The molecule has 31 heavy (non-hydrogen) atoms. The molecule has 1 amide bonds. The molecule has 1 aliphatic rings. The van der Waals surface area contributed by atoms with E-state index in [1.54, 1.807) is 11.8 Å². The molecule has 168 valence electrons. The number of sulfone groups is 1. The van der Waals surface area contributed by atoms with Gasteiger partial charge >= 0.3 is 6.18 Å². The summed E-state index contributed by atoms with van der Waals surface area (Å²) in [4.78, 5) is 14.6. The number of carbonyl (C=O) groups is 1. The van der Waals surface area contributed by atoms with Crippen LogP contribution >= 0.6 is 0 Å². The van der Waals surface area contributed by atoms with Gasteiger partial charge in [0.2, 0.25) is 5.91 Å². The van der Waals surface area contributed by atoms with E-state index in [-0.39, 0.29) is 17.9 Å². The third-order valence-electron chi connectivity index (χ3n) is 5.73. The Balaban J connectivity index is 1.75. The summed E-state index contributed by atoms with van der Waals surface area (Å²) in [5.74, 6) is -1.06. The highest BCUT2D eigenvalue weighted by molar-refractivity contribution is 7.90. The minimum Gasteiger partial charge on any atom is -0.349 e. The molecule has 0 bridgehead atoms. The van der Waals surface area contributed by atoms with Crippen molar-refractivity contribution in [3.63, 3.8) is 0 Å². The lowest BCUT2D eigenvalue weighted by Gasteiger charge is -2.32. The second kappa shape index (κ2) is 8.63. The van der Waals surface area contributed by atoms with Crippen molar-refractivity contribution in [1.29, 1.82) is 0 Å². The van der Waals surface area contributed by atoms with Crippen LogP contribution in [0.1, 0.15) is 30.5 Å². The van der Waals surface area contributed by atoms with E-state index in [9.17, 15) is 26.4 Å². The zero-order chi connectivity index (χ0) is 22.9. The zero-order valence-corrected chi connectivity index (χ0v) is 18.1. The molecule has 2 aromatic rings. The number of hydrogen-bond acceptors (Lipinski definition) is 4. The van der Waals surface area contributed by atoms with Crippen LogP contribution in [-0.4, -0.2) is 44.7 Å². The Bertz CT molecular complexity index is 1020. The van der Waals surface area contributed by atoms with Gasteiger partial charge in [0.15, 0.2) is 15.3 Å². The number of likely N-dealkylation sites (tertiary alicyclic amines) is 1. The van der Waals surface area contributed by atoms with Crippen LogP contribution in [-0.2, 0) is 21.2 Å². The summed E-state index contributed by atoms with van der Waals surface area (Å²) in [6.07, 6.45) is -3.93. The maximum atomic E-state index is 14.1. The molecule has 1 aliphatic heterocycles. The molecule has 1 heterocycles. The van der Waals surface area contributed by atoms with Gasteiger partial charge in [0.05, 0.1) is 10.9 Å². The fourth-order valence-electron chi connectivity index (χ4n) is 3.83. The first-order chi connectivity index (χ1) is 14.4. The van der Waals surface area contributed by atoms with Crippen LogP contribution in [0.2, 0.25) is 0 Å². The Labute approximate surface area is 180 Å². The van der Waals surface area contributed by atoms with Gasteiger partial charge in [0, 0.05) is 19.3 Å². The molecule has 0 radical (unpaired) electrons. The lowest BCUT2D eigenvalue weighted by molar-refractivity contribution is -0.218. The molecule has 1 fully saturated rings. The molecule has 3 rings (SSSR count). The smallest absolute Gasteiger partial charge is 0.349 e. The van der Waals surface area contributed by atoms with Crippen molar-refractivity contribution < 1.29 is 26.4 Å². The van der Waals surface area contributed by atoms with E-state index in [0.717, 1.165) is 11.8 Å². The topological polar surface area (TPSA) is 66.5 Å². The first-order valence-corrected chi connectivity index (χ1v) is 11.8. The van der Waals surface area contributed by atoms with Crippen LogP contribution in [0.5, 0.6) is 0 Å². The lowest BCUT2D eigenvalue weighted by atomic mass is 9.84. The Morgan fingerprint density at radius 2 is 1.74 bits per heavy atom. The van der Waals surface area contributed by atoms with Crippen molar-refractivity contribution in [3.05, 3.63) is 65.7 Å². The molecule has 5 nitrogen and oxygen atoms in total. The van der Waals surface area contributed by atoms with Gasteiger partial charge in [-0.05, 0) is 43.1 Å². The molecule has 9 heteroatoms. The summed E-state index contributed by atoms with van der Waals surface area (Å²) in [5.41, 5.74) is -1.07. The minimum atomic E-state index is -4.69. The molecule has 0 spiro atoms. The number of carbonyl (C=O) groups excluding carboxylic acids is 1. The largest absolute Gasteiger partial charge is 0.404 e. The van der Waals surface area contributed by atoms with Gasteiger partial charge in [0.25, 0.3) is 0 Å². The van der Waals surface area contributed by atoms with E-state index in [1.807, 2.05) is 30.3 Å². The fraction of sp³-hybridized carbons (Fsp3) is 0.409. The van der Waals surface area contributed by atoms with E-state index in [4.69, 9.17) is 0 Å². The van der Waals surface area contributed by atoms with Crippen LogP contribution in [0.25, 0.3) is 0 Å².